The number of hydrogen-bond acceptors (Lipinski definition) is 6. The molecule has 2 aromatic rings. The van der Waals surface area contributed by atoms with Crippen LogP contribution in [0.15, 0.2) is 53.4 Å². The SMILES string of the molecule is C[C@H](c1ccccc1)N(C)C(=O)CN1CCN(S(=O)(=O)c2ccc3c(c2)OCCCO3)CC1. The maximum Gasteiger partial charge on any atom is 0.243 e. The number of rotatable bonds is 6. The molecule has 0 radical (unpaired) electrons. The van der Waals surface area contributed by atoms with Gasteiger partial charge in [0.2, 0.25) is 15.9 Å². The van der Waals surface area contributed by atoms with E-state index in [1.807, 2.05) is 49.2 Å². The molecule has 0 unspecified atom stereocenters. The Kier molecular flexibility index (Phi) is 7.21. The Morgan fingerprint density at radius 1 is 1.00 bits per heavy atom. The molecule has 33 heavy (non-hydrogen) atoms. The molecule has 9 heteroatoms. The van der Waals surface area contributed by atoms with Crippen molar-refractivity contribution in [3.05, 3.63) is 54.1 Å². The van der Waals surface area contributed by atoms with Gasteiger partial charge in [-0.05, 0) is 24.6 Å². The number of hydrogen-bond donors (Lipinski definition) is 0. The Morgan fingerprint density at radius 2 is 1.67 bits per heavy atom. The summed E-state index contributed by atoms with van der Waals surface area (Å²) in [5.74, 6) is 1.06. The van der Waals surface area contributed by atoms with Crippen LogP contribution in [0.2, 0.25) is 0 Å². The van der Waals surface area contributed by atoms with Crippen LogP contribution in [-0.4, -0.2) is 81.4 Å². The fraction of sp³-hybridized carbons (Fsp3) is 0.458. The highest BCUT2D eigenvalue weighted by Crippen LogP contribution is 2.33. The van der Waals surface area contributed by atoms with E-state index in [0.29, 0.717) is 50.9 Å². The predicted octanol–water partition coefficient (Wildman–Crippen LogP) is 2.37. The monoisotopic (exact) mass is 473 g/mol. The molecule has 2 aliphatic rings. The number of ether oxygens (including phenoxy) is 2. The van der Waals surface area contributed by atoms with Gasteiger partial charge in [-0.25, -0.2) is 8.42 Å². The zero-order valence-electron chi connectivity index (χ0n) is 19.1. The first kappa shape index (κ1) is 23.5. The van der Waals surface area contributed by atoms with Crippen LogP contribution in [-0.2, 0) is 14.8 Å². The van der Waals surface area contributed by atoms with Crippen LogP contribution in [0.4, 0.5) is 0 Å². The lowest BCUT2D eigenvalue weighted by molar-refractivity contribution is -0.133. The van der Waals surface area contributed by atoms with Gasteiger partial charge in [0.15, 0.2) is 11.5 Å². The van der Waals surface area contributed by atoms with Gasteiger partial charge in [0.1, 0.15) is 0 Å². The van der Waals surface area contributed by atoms with Crippen LogP contribution >= 0.6 is 0 Å². The Morgan fingerprint density at radius 3 is 2.36 bits per heavy atom. The molecule has 8 nitrogen and oxygen atoms in total. The van der Waals surface area contributed by atoms with Crippen molar-refractivity contribution in [1.29, 1.82) is 0 Å². The number of amides is 1. The van der Waals surface area contributed by atoms with E-state index in [4.69, 9.17) is 9.47 Å². The minimum Gasteiger partial charge on any atom is -0.490 e. The van der Waals surface area contributed by atoms with Crippen molar-refractivity contribution in [3.63, 3.8) is 0 Å². The molecule has 2 aromatic carbocycles. The van der Waals surface area contributed by atoms with Crippen molar-refractivity contribution in [2.24, 2.45) is 0 Å². The third-order valence-electron chi connectivity index (χ3n) is 6.30. The molecule has 0 aromatic heterocycles. The highest BCUT2D eigenvalue weighted by Gasteiger charge is 2.31. The number of carbonyl (C=O) groups is 1. The molecule has 1 saturated heterocycles. The summed E-state index contributed by atoms with van der Waals surface area (Å²) >= 11 is 0. The number of carbonyl (C=O) groups excluding carboxylic acids is 1. The number of piperazine rings is 1. The largest absolute Gasteiger partial charge is 0.490 e. The molecule has 2 aliphatic heterocycles. The molecular formula is C24H31N3O5S. The lowest BCUT2D eigenvalue weighted by atomic mass is 10.1. The second-order valence-electron chi connectivity index (χ2n) is 8.43. The molecule has 1 amide bonds. The first-order valence-electron chi connectivity index (χ1n) is 11.3. The van der Waals surface area contributed by atoms with Crippen LogP contribution in [0, 0.1) is 0 Å². The molecule has 178 valence electrons. The van der Waals surface area contributed by atoms with Gasteiger partial charge in [-0.1, -0.05) is 30.3 Å². The van der Waals surface area contributed by atoms with E-state index in [0.717, 1.165) is 12.0 Å². The second-order valence-corrected chi connectivity index (χ2v) is 10.4. The zero-order chi connectivity index (χ0) is 23.4. The topological polar surface area (TPSA) is 79.4 Å². The van der Waals surface area contributed by atoms with Gasteiger partial charge in [-0.2, -0.15) is 4.31 Å². The minimum atomic E-state index is -3.65. The van der Waals surface area contributed by atoms with Crippen LogP contribution in [0.3, 0.4) is 0 Å². The van der Waals surface area contributed by atoms with Crippen LogP contribution < -0.4 is 9.47 Å². The fourth-order valence-corrected chi connectivity index (χ4v) is 5.49. The van der Waals surface area contributed by atoms with Crippen molar-refractivity contribution >= 4 is 15.9 Å². The van der Waals surface area contributed by atoms with E-state index in [1.54, 1.807) is 23.1 Å². The Balaban J connectivity index is 1.34. The van der Waals surface area contributed by atoms with Gasteiger partial charge < -0.3 is 14.4 Å². The standard InChI is InChI=1S/C24H31N3O5S/c1-19(20-7-4-3-5-8-20)25(2)24(28)18-26-11-13-27(14-12-26)33(29,30)21-9-10-22-23(17-21)32-16-6-15-31-22/h3-5,7-10,17,19H,6,11-16,18H2,1-2H3/t19-/m1/s1. The normalized spacial score (nSPS) is 18.4. The van der Waals surface area contributed by atoms with Crippen molar-refractivity contribution in [3.8, 4) is 11.5 Å². The third-order valence-corrected chi connectivity index (χ3v) is 8.20. The Bertz CT molecular complexity index is 1070. The van der Waals surface area contributed by atoms with E-state index in [9.17, 15) is 13.2 Å². The lowest BCUT2D eigenvalue weighted by Gasteiger charge is -2.35. The summed E-state index contributed by atoms with van der Waals surface area (Å²) in [5.41, 5.74) is 1.08. The van der Waals surface area contributed by atoms with E-state index in [1.165, 1.54) is 4.31 Å². The maximum absolute atomic E-state index is 13.2. The summed E-state index contributed by atoms with van der Waals surface area (Å²) in [4.78, 5) is 16.8. The first-order valence-corrected chi connectivity index (χ1v) is 12.7. The van der Waals surface area contributed by atoms with Crippen molar-refractivity contribution in [2.75, 3.05) is 53.0 Å². The molecule has 1 fully saturated rings. The van der Waals surface area contributed by atoms with Crippen molar-refractivity contribution < 1.29 is 22.7 Å². The zero-order valence-corrected chi connectivity index (χ0v) is 20.0. The smallest absolute Gasteiger partial charge is 0.243 e. The molecule has 0 bridgehead atoms. The van der Waals surface area contributed by atoms with Crippen molar-refractivity contribution in [2.45, 2.75) is 24.3 Å². The number of fused-ring (bicyclic) bond motifs is 1. The summed E-state index contributed by atoms with van der Waals surface area (Å²) < 4.78 is 39.1. The van der Waals surface area contributed by atoms with Gasteiger partial charge in [0, 0.05) is 45.7 Å². The van der Waals surface area contributed by atoms with Gasteiger partial charge in [-0.3, -0.25) is 9.69 Å². The summed E-state index contributed by atoms with van der Waals surface area (Å²) in [5, 5.41) is 0. The van der Waals surface area contributed by atoms with Gasteiger partial charge in [0.05, 0.1) is 30.7 Å². The Hall–Kier alpha value is -2.62. The third kappa shape index (κ3) is 5.31. The summed E-state index contributed by atoms with van der Waals surface area (Å²) in [6, 6.07) is 14.7. The molecule has 0 saturated carbocycles. The number of benzene rings is 2. The summed E-state index contributed by atoms with van der Waals surface area (Å²) in [7, 11) is -1.84. The number of likely N-dealkylation sites (N-methyl/N-ethyl adjacent to an activating group) is 1. The molecule has 2 heterocycles. The fourth-order valence-electron chi connectivity index (χ4n) is 4.06. The van der Waals surface area contributed by atoms with Crippen molar-refractivity contribution in [1.82, 2.24) is 14.1 Å². The molecule has 0 N–H and O–H groups in total. The molecular weight excluding hydrogens is 442 g/mol. The lowest BCUT2D eigenvalue weighted by Crippen LogP contribution is -2.51. The highest BCUT2D eigenvalue weighted by atomic mass is 32.2. The second kappa shape index (κ2) is 10.1. The van der Waals surface area contributed by atoms with Gasteiger partial charge in [-0.15, -0.1) is 0 Å². The molecule has 1 atom stereocenters. The average Bonchev–Trinajstić information content (AvgIpc) is 3.09. The van der Waals surface area contributed by atoms with E-state index in [2.05, 4.69) is 0 Å². The minimum absolute atomic E-state index is 0.0190. The van der Waals surface area contributed by atoms with Crippen LogP contribution in [0.1, 0.15) is 24.9 Å². The van der Waals surface area contributed by atoms with Crippen LogP contribution in [0.5, 0.6) is 11.5 Å². The van der Waals surface area contributed by atoms with E-state index in [-0.39, 0.29) is 23.4 Å². The summed E-state index contributed by atoms with van der Waals surface area (Å²) in [6.45, 7) is 5.01. The molecule has 4 rings (SSSR count). The Labute approximate surface area is 195 Å². The first-order chi connectivity index (χ1) is 15.9. The van der Waals surface area contributed by atoms with Gasteiger partial charge >= 0.3 is 0 Å². The predicted molar refractivity (Wildman–Crippen MR) is 125 cm³/mol. The van der Waals surface area contributed by atoms with Gasteiger partial charge in [0.25, 0.3) is 0 Å². The molecule has 0 spiro atoms. The van der Waals surface area contributed by atoms with E-state index >= 15 is 0 Å². The highest BCUT2D eigenvalue weighted by molar-refractivity contribution is 7.89. The van der Waals surface area contributed by atoms with E-state index < -0.39 is 10.0 Å². The quantitative estimate of drug-likeness (QED) is 0.641. The average molecular weight is 474 g/mol. The summed E-state index contributed by atoms with van der Waals surface area (Å²) in [6.07, 6.45) is 0.761. The number of nitrogens with zero attached hydrogens (tertiary/aromatic N) is 3. The maximum atomic E-state index is 13.2. The molecule has 0 aliphatic carbocycles. The number of sulfonamides is 1. The van der Waals surface area contributed by atoms with Crippen LogP contribution in [0.25, 0.3) is 0 Å².